The number of rotatable bonds is 18. The maximum atomic E-state index is 12.2. The van der Waals surface area contributed by atoms with Gasteiger partial charge in [-0.15, -0.1) is 0 Å². The third kappa shape index (κ3) is 14.1. The monoisotopic (exact) mass is 766 g/mol. The first-order valence-corrected chi connectivity index (χ1v) is 20.5. The van der Waals surface area contributed by atoms with Gasteiger partial charge in [0.2, 0.25) is 0 Å². The molecule has 1 N–H and O–H groups in total. The lowest BCUT2D eigenvalue weighted by Crippen LogP contribution is -2.17. The van der Waals surface area contributed by atoms with Gasteiger partial charge in [0.05, 0.1) is 40.3 Å². The van der Waals surface area contributed by atoms with Crippen LogP contribution in [0.1, 0.15) is 100 Å². The van der Waals surface area contributed by atoms with E-state index in [4.69, 9.17) is 17.8 Å². The Morgan fingerprint density at radius 2 is 1.06 bits per heavy atom. The number of aliphatic hydroxyl groups is 1. The van der Waals surface area contributed by atoms with Crippen LogP contribution >= 0.6 is 0 Å². The van der Waals surface area contributed by atoms with Gasteiger partial charge in [-0.1, -0.05) is 116 Å². The molecule has 0 bridgehead atoms. The molecule has 0 radical (unpaired) electrons. The predicted octanol–water partition coefficient (Wildman–Crippen LogP) is 8.97. The Morgan fingerprint density at radius 1 is 0.692 bits per heavy atom. The molecule has 2 aromatic carbocycles. The fourth-order valence-electron chi connectivity index (χ4n) is 5.31. The van der Waals surface area contributed by atoms with Gasteiger partial charge in [0.25, 0.3) is 20.2 Å². The summed E-state index contributed by atoms with van der Waals surface area (Å²) in [7, 11) is -7.49. The first-order chi connectivity index (χ1) is 23.4. The second-order valence-electron chi connectivity index (χ2n) is 14.3. The molecular weight excluding hydrogens is 701 g/mol. The van der Waals surface area contributed by atoms with Crippen LogP contribution in [0.25, 0.3) is 0 Å². The van der Waals surface area contributed by atoms with Crippen molar-refractivity contribution in [2.24, 2.45) is 17.8 Å². The van der Waals surface area contributed by atoms with E-state index in [-0.39, 0.29) is 67.7 Å². The van der Waals surface area contributed by atoms with E-state index in [2.05, 4.69) is 32.9 Å². The van der Waals surface area contributed by atoms with Gasteiger partial charge in [-0.2, -0.15) is 16.8 Å². The van der Waals surface area contributed by atoms with E-state index in [9.17, 15) is 21.9 Å². The average molecular weight is 767 g/mol. The van der Waals surface area contributed by atoms with Gasteiger partial charge >= 0.3 is 0 Å². The van der Waals surface area contributed by atoms with E-state index in [0.717, 1.165) is 24.0 Å². The highest BCUT2D eigenvalue weighted by Gasteiger charge is 2.52. The van der Waals surface area contributed by atoms with Crippen molar-refractivity contribution in [2.45, 2.75) is 142 Å². The fraction of sp³-hybridized carbons (Fsp3) is 0.610. The van der Waals surface area contributed by atoms with Gasteiger partial charge < -0.3 is 14.6 Å². The van der Waals surface area contributed by atoms with E-state index < -0.39 is 25.8 Å². The number of hydrogen-bond donors (Lipinski definition) is 1. The van der Waals surface area contributed by atoms with Crippen LogP contribution in [0.4, 0.5) is 0 Å². The molecule has 0 unspecified atom stereocenters. The second kappa shape index (κ2) is 20.3. The summed E-state index contributed by atoms with van der Waals surface area (Å²) in [5, 5.41) is 9.75. The number of hydrogen-bond acceptors (Lipinski definition) is 9. The molecule has 2 aromatic rings. The highest BCUT2D eigenvalue weighted by Crippen LogP contribution is 2.41. The Labute approximate surface area is 316 Å². The smallest absolute Gasteiger partial charge is 0.297 e. The van der Waals surface area contributed by atoms with Gasteiger partial charge in [-0.05, 0) is 89.0 Å². The van der Waals surface area contributed by atoms with Crippen LogP contribution < -0.4 is 0 Å². The number of ether oxygens (including phenoxy) is 2. The third-order valence-corrected chi connectivity index (χ3v) is 12.5. The molecule has 0 spiro atoms. The highest BCUT2D eigenvalue weighted by atomic mass is 32.2. The number of aryl methyl sites for hydroxylation is 2. The summed E-state index contributed by atoms with van der Waals surface area (Å²) in [5.74, 6) is 1.27. The average Bonchev–Trinajstić information content (AvgIpc) is 3.95. The predicted molar refractivity (Wildman–Crippen MR) is 210 cm³/mol. The Morgan fingerprint density at radius 3 is 1.40 bits per heavy atom. The van der Waals surface area contributed by atoms with Crippen LogP contribution in [0.5, 0.6) is 0 Å². The summed E-state index contributed by atoms with van der Waals surface area (Å²) >= 11 is 0. The maximum Gasteiger partial charge on any atom is 0.297 e. The second-order valence-corrected chi connectivity index (χ2v) is 17.5. The lowest BCUT2D eigenvalue weighted by atomic mass is 9.92. The number of epoxide rings is 2. The zero-order valence-electron chi connectivity index (χ0n) is 31.2. The van der Waals surface area contributed by atoms with Gasteiger partial charge in [-0.25, -0.2) is 0 Å². The molecule has 2 aliphatic rings. The van der Waals surface area contributed by atoms with E-state index in [0.29, 0.717) is 24.7 Å². The standard InChI is InChI=1S/C20H30O4S.C19H28O5S.2CH4/c1-6-16(3)17(4)8-7-13-20(5)19(24-20)14-23-25(21,22)18-11-9-15(2)10-12-18;1-5-17(20)15(3)7-6-12-19(4)18(24-19)13-23-25(21,22)16-10-8-14(2)9-11-16;;/h7-12,16-17,19H,6,13-14H2,1-5H3;6-11,15,17-18,20H,5,12-13H2,1-4H3;2*1H4/b8-7+;7-6+;;/t16-,17-,19+,20+;15-,17-,18+,19+;;/m00../s1. The minimum atomic E-state index is -3.76. The molecule has 9 nitrogen and oxygen atoms in total. The zero-order chi connectivity index (χ0) is 37.3. The molecule has 0 aliphatic carbocycles. The Balaban J connectivity index is 0.000000501. The molecule has 2 saturated heterocycles. The number of aliphatic hydroxyl groups excluding tert-OH is 1. The molecule has 2 aliphatic heterocycles. The third-order valence-electron chi connectivity index (χ3n) is 9.93. The molecule has 0 amide bonds. The first-order valence-electron chi connectivity index (χ1n) is 17.6. The lowest BCUT2D eigenvalue weighted by Gasteiger charge is -2.13. The van der Waals surface area contributed by atoms with E-state index >= 15 is 0 Å². The SMILES string of the molecule is C.C.CC[C@H](C)[C@@H](C)/C=C/C[C@@]1(C)O[C@@H]1COS(=O)(=O)c1ccc(C)cc1.CC[C@H](O)[C@@H](C)/C=C/C[C@@]1(C)O[C@@H]1COS(=O)(=O)c1ccc(C)cc1. The summed E-state index contributed by atoms with van der Waals surface area (Å²) < 4.78 is 70.4. The first kappa shape index (κ1) is 47.6. The van der Waals surface area contributed by atoms with Crippen molar-refractivity contribution in [1.29, 1.82) is 0 Å². The molecule has 2 fully saturated rings. The normalized spacial score (nSPS) is 24.9. The van der Waals surface area contributed by atoms with Gasteiger partial charge in [0.1, 0.15) is 12.2 Å². The van der Waals surface area contributed by atoms with Crippen molar-refractivity contribution in [2.75, 3.05) is 13.2 Å². The van der Waals surface area contributed by atoms with Gasteiger partial charge in [0, 0.05) is 0 Å². The van der Waals surface area contributed by atoms with Crippen LogP contribution in [0, 0.1) is 31.6 Å². The van der Waals surface area contributed by atoms with Crippen molar-refractivity contribution < 1.29 is 39.8 Å². The quantitative estimate of drug-likeness (QED) is 0.0897. The summed E-state index contributed by atoms with van der Waals surface area (Å²) in [5.41, 5.74) is 1.27. The molecule has 0 saturated carbocycles. The number of benzene rings is 2. The fourth-order valence-corrected chi connectivity index (χ4v) is 7.12. The maximum absolute atomic E-state index is 12.2. The molecule has 2 heterocycles. The van der Waals surface area contributed by atoms with Crippen molar-refractivity contribution in [1.82, 2.24) is 0 Å². The minimum absolute atomic E-state index is 0. The lowest BCUT2D eigenvalue weighted by molar-refractivity contribution is 0.133. The van der Waals surface area contributed by atoms with Crippen molar-refractivity contribution in [3.8, 4) is 0 Å². The Bertz CT molecular complexity index is 1510. The highest BCUT2D eigenvalue weighted by molar-refractivity contribution is 7.87. The minimum Gasteiger partial charge on any atom is -0.393 e. The molecule has 8 atom stereocenters. The zero-order valence-corrected chi connectivity index (χ0v) is 32.8. The summed E-state index contributed by atoms with van der Waals surface area (Å²) in [6.07, 6.45) is 10.9. The van der Waals surface area contributed by atoms with Crippen molar-refractivity contribution in [3.05, 3.63) is 84.0 Å². The van der Waals surface area contributed by atoms with E-state index in [1.165, 1.54) is 0 Å². The van der Waals surface area contributed by atoms with Crippen LogP contribution in [-0.2, 0) is 38.1 Å². The summed E-state index contributed by atoms with van der Waals surface area (Å²) in [6, 6.07) is 13.2. The molecule has 296 valence electrons. The van der Waals surface area contributed by atoms with Crippen LogP contribution in [0.2, 0.25) is 0 Å². The van der Waals surface area contributed by atoms with Crippen LogP contribution in [0.15, 0.2) is 82.6 Å². The largest absolute Gasteiger partial charge is 0.393 e. The molecular formula is C41H66O9S2. The number of allylic oxidation sites excluding steroid dienone is 1. The molecule has 4 rings (SSSR count). The van der Waals surface area contributed by atoms with E-state index in [1.54, 1.807) is 48.5 Å². The molecule has 11 heteroatoms. The Hall–Kier alpha value is -2.38. The van der Waals surface area contributed by atoms with Gasteiger partial charge in [0.15, 0.2) is 0 Å². The summed E-state index contributed by atoms with van der Waals surface area (Å²) in [6.45, 7) is 18.4. The van der Waals surface area contributed by atoms with Crippen LogP contribution in [0.3, 0.4) is 0 Å². The van der Waals surface area contributed by atoms with E-state index in [1.807, 2.05) is 53.7 Å². The topological polar surface area (TPSA) is 132 Å². The Kier molecular flexibility index (Phi) is 18.6. The summed E-state index contributed by atoms with van der Waals surface area (Å²) in [4.78, 5) is 0.338. The van der Waals surface area contributed by atoms with Crippen molar-refractivity contribution >= 4 is 20.2 Å². The van der Waals surface area contributed by atoms with Crippen LogP contribution in [-0.4, -0.2) is 64.7 Å². The molecule has 0 aromatic heterocycles. The van der Waals surface area contributed by atoms with Crippen molar-refractivity contribution in [3.63, 3.8) is 0 Å². The van der Waals surface area contributed by atoms with Gasteiger partial charge in [-0.3, -0.25) is 8.37 Å². The molecule has 52 heavy (non-hydrogen) atoms.